The number of hydrogen-bond acceptors (Lipinski definition) is 8. The molecule has 4 N–H and O–H groups in total. The SMILES string of the molecule is CCc1cc(Nc2nccn3c(-c4cn(CC#N)nc4C(F)(F)F)cnc23)ccc1C(=O)NCCNCC1CNC1. The van der Waals surface area contributed by atoms with Crippen molar-refractivity contribution in [2.24, 2.45) is 5.92 Å². The van der Waals surface area contributed by atoms with E-state index in [-0.39, 0.29) is 23.7 Å². The van der Waals surface area contributed by atoms with Crippen LogP contribution >= 0.6 is 0 Å². The summed E-state index contributed by atoms with van der Waals surface area (Å²) in [5, 5.41) is 25.2. The lowest BCUT2D eigenvalue weighted by molar-refractivity contribution is -0.141. The molecule has 0 bridgehead atoms. The monoisotopic (exact) mass is 566 g/mol. The number of aromatic nitrogens is 5. The Morgan fingerprint density at radius 3 is 2.78 bits per heavy atom. The molecular weight excluding hydrogens is 537 g/mol. The largest absolute Gasteiger partial charge is 0.435 e. The van der Waals surface area contributed by atoms with Crippen LogP contribution in [0.1, 0.15) is 28.5 Å². The quantitative estimate of drug-likeness (QED) is 0.204. The number of amides is 1. The number of nitrogens with zero attached hydrogens (tertiary/aromatic N) is 6. The van der Waals surface area contributed by atoms with Gasteiger partial charge >= 0.3 is 6.18 Å². The molecule has 1 aliphatic heterocycles. The van der Waals surface area contributed by atoms with Crippen LogP contribution in [0.25, 0.3) is 16.9 Å². The minimum absolute atomic E-state index is 0.155. The minimum Gasteiger partial charge on any atom is -0.351 e. The fourth-order valence-electron chi connectivity index (χ4n) is 4.66. The van der Waals surface area contributed by atoms with Gasteiger partial charge in [0.25, 0.3) is 5.91 Å². The van der Waals surface area contributed by atoms with E-state index in [0.717, 1.165) is 29.9 Å². The van der Waals surface area contributed by atoms with Crippen molar-refractivity contribution in [1.29, 1.82) is 5.26 Å². The summed E-state index contributed by atoms with van der Waals surface area (Å²) in [5.41, 5.74) is 1.21. The van der Waals surface area contributed by atoms with Gasteiger partial charge in [-0.3, -0.25) is 13.9 Å². The van der Waals surface area contributed by atoms with E-state index in [4.69, 9.17) is 5.26 Å². The van der Waals surface area contributed by atoms with Crippen molar-refractivity contribution < 1.29 is 18.0 Å². The van der Waals surface area contributed by atoms with Crippen LogP contribution in [0.4, 0.5) is 24.7 Å². The number of fused-ring (bicyclic) bond motifs is 1. The van der Waals surface area contributed by atoms with Crippen molar-refractivity contribution in [2.75, 3.05) is 38.0 Å². The van der Waals surface area contributed by atoms with Crippen molar-refractivity contribution in [1.82, 2.24) is 40.1 Å². The van der Waals surface area contributed by atoms with Crippen molar-refractivity contribution in [3.8, 4) is 17.3 Å². The van der Waals surface area contributed by atoms with E-state index < -0.39 is 11.9 Å². The number of nitriles is 1. The second kappa shape index (κ2) is 11.9. The summed E-state index contributed by atoms with van der Waals surface area (Å²) >= 11 is 0. The fourth-order valence-corrected chi connectivity index (χ4v) is 4.66. The van der Waals surface area contributed by atoms with Gasteiger partial charge in [-0.05, 0) is 36.1 Å². The molecule has 1 aromatic carbocycles. The van der Waals surface area contributed by atoms with Crippen LogP contribution < -0.4 is 21.3 Å². The van der Waals surface area contributed by atoms with Gasteiger partial charge in [0.1, 0.15) is 6.54 Å². The number of benzene rings is 1. The van der Waals surface area contributed by atoms with Crippen LogP contribution in [0, 0.1) is 17.2 Å². The predicted molar refractivity (Wildman–Crippen MR) is 145 cm³/mol. The van der Waals surface area contributed by atoms with Gasteiger partial charge in [-0.2, -0.15) is 23.5 Å². The van der Waals surface area contributed by atoms with E-state index in [2.05, 4.69) is 36.3 Å². The summed E-state index contributed by atoms with van der Waals surface area (Å²) < 4.78 is 43.6. The number of rotatable bonds is 11. The summed E-state index contributed by atoms with van der Waals surface area (Å²) in [6.07, 6.45) is 1.35. The van der Waals surface area contributed by atoms with Gasteiger partial charge in [0.15, 0.2) is 17.2 Å². The Hall–Kier alpha value is -4.48. The zero-order valence-electron chi connectivity index (χ0n) is 22.3. The van der Waals surface area contributed by atoms with Gasteiger partial charge < -0.3 is 21.3 Å². The van der Waals surface area contributed by atoms with Gasteiger partial charge in [0, 0.05) is 62.6 Å². The fraction of sp³-hybridized carbons (Fsp3) is 0.370. The summed E-state index contributed by atoms with van der Waals surface area (Å²) in [4.78, 5) is 21.5. The molecule has 5 rings (SSSR count). The maximum Gasteiger partial charge on any atom is 0.435 e. The van der Waals surface area contributed by atoms with Gasteiger partial charge in [0.2, 0.25) is 0 Å². The maximum absolute atomic E-state index is 13.7. The number of anilines is 2. The lowest BCUT2D eigenvalue weighted by atomic mass is 10.0. The van der Waals surface area contributed by atoms with E-state index in [9.17, 15) is 18.0 Å². The first-order valence-corrected chi connectivity index (χ1v) is 13.2. The number of imidazole rings is 1. The Morgan fingerprint density at radius 1 is 1.24 bits per heavy atom. The van der Waals surface area contributed by atoms with E-state index in [1.165, 1.54) is 29.2 Å². The second-order valence-corrected chi connectivity index (χ2v) is 9.69. The summed E-state index contributed by atoms with van der Waals surface area (Å²) in [7, 11) is 0. The number of halogens is 3. The molecule has 1 fully saturated rings. The molecule has 214 valence electrons. The number of alkyl halides is 3. The first-order chi connectivity index (χ1) is 19.8. The molecule has 3 aromatic heterocycles. The second-order valence-electron chi connectivity index (χ2n) is 9.69. The van der Waals surface area contributed by atoms with E-state index in [0.29, 0.717) is 48.1 Å². The molecule has 41 heavy (non-hydrogen) atoms. The van der Waals surface area contributed by atoms with Crippen LogP contribution in [0.5, 0.6) is 0 Å². The van der Waals surface area contributed by atoms with Crippen molar-refractivity contribution in [2.45, 2.75) is 26.1 Å². The highest BCUT2D eigenvalue weighted by atomic mass is 19.4. The Labute approximate surface area is 233 Å². The summed E-state index contributed by atoms with van der Waals surface area (Å²) in [6, 6.07) is 7.13. The summed E-state index contributed by atoms with van der Waals surface area (Å²) in [5.74, 6) is 0.817. The minimum atomic E-state index is -4.72. The molecular formula is C27H29F3N10O. The molecule has 11 nitrogen and oxygen atoms in total. The molecule has 0 aliphatic carbocycles. The molecule has 0 radical (unpaired) electrons. The van der Waals surface area contributed by atoms with Crippen LogP contribution in [-0.2, 0) is 19.1 Å². The number of hydrogen-bond donors (Lipinski definition) is 4. The average molecular weight is 567 g/mol. The lowest BCUT2D eigenvalue weighted by Gasteiger charge is -2.27. The van der Waals surface area contributed by atoms with Crippen molar-refractivity contribution in [3.05, 3.63) is 59.8 Å². The molecule has 1 amide bonds. The number of aryl methyl sites for hydroxylation is 1. The average Bonchev–Trinajstić information content (AvgIpc) is 3.54. The smallest absolute Gasteiger partial charge is 0.351 e. The van der Waals surface area contributed by atoms with Gasteiger partial charge in [-0.1, -0.05) is 6.92 Å². The topological polar surface area (TPSA) is 137 Å². The predicted octanol–water partition coefficient (Wildman–Crippen LogP) is 2.98. The zero-order valence-corrected chi connectivity index (χ0v) is 22.3. The highest BCUT2D eigenvalue weighted by Crippen LogP contribution is 2.37. The Bertz CT molecular complexity index is 1580. The number of carbonyl (C=O) groups excluding carboxylic acids is 1. The normalized spacial score (nSPS) is 13.6. The molecule has 14 heteroatoms. The van der Waals surface area contributed by atoms with Crippen molar-refractivity contribution >= 4 is 23.1 Å². The van der Waals surface area contributed by atoms with Gasteiger partial charge in [-0.15, -0.1) is 0 Å². The van der Waals surface area contributed by atoms with E-state index in [1.54, 1.807) is 18.2 Å². The number of carbonyl (C=O) groups is 1. The van der Waals surface area contributed by atoms with Crippen LogP contribution in [-0.4, -0.2) is 62.8 Å². The Kier molecular flexibility index (Phi) is 8.18. The Morgan fingerprint density at radius 2 is 2.07 bits per heavy atom. The Balaban J connectivity index is 1.33. The molecule has 4 heterocycles. The van der Waals surface area contributed by atoms with Crippen LogP contribution in [0.15, 0.2) is 43.0 Å². The van der Waals surface area contributed by atoms with Gasteiger partial charge in [0.05, 0.1) is 23.5 Å². The van der Waals surface area contributed by atoms with Crippen LogP contribution in [0.3, 0.4) is 0 Å². The third kappa shape index (κ3) is 6.16. The number of nitrogens with one attached hydrogen (secondary N) is 4. The maximum atomic E-state index is 13.7. The first-order valence-electron chi connectivity index (χ1n) is 13.2. The molecule has 1 saturated heterocycles. The standard InChI is InChI=1S/C27H29F3N10O/c1-2-18-11-19(3-4-20(18)26(41)35-7-6-32-12-17-13-33-14-17)37-24-25-36-15-22(40(25)10-8-34-24)21-16-39(9-5-31)38-23(21)27(28,29)30/h3-4,8,10-11,15-17,32-33H,2,6-7,9,12-14H2,1H3,(H,34,37)(H,35,41). The van der Waals surface area contributed by atoms with Gasteiger partial charge in [-0.25, -0.2) is 9.97 Å². The molecule has 0 unspecified atom stereocenters. The lowest BCUT2D eigenvalue weighted by Crippen LogP contribution is -2.48. The highest BCUT2D eigenvalue weighted by molar-refractivity contribution is 5.96. The summed E-state index contributed by atoms with van der Waals surface area (Å²) in [6.45, 7) is 5.82. The molecule has 1 aliphatic rings. The third-order valence-electron chi connectivity index (χ3n) is 6.85. The highest BCUT2D eigenvalue weighted by Gasteiger charge is 2.38. The first kappa shape index (κ1) is 28.1. The molecule has 0 atom stereocenters. The van der Waals surface area contributed by atoms with E-state index >= 15 is 0 Å². The zero-order chi connectivity index (χ0) is 29.0. The van der Waals surface area contributed by atoms with Crippen molar-refractivity contribution in [3.63, 3.8) is 0 Å². The molecule has 4 aromatic rings. The van der Waals surface area contributed by atoms with E-state index in [1.807, 2.05) is 13.0 Å². The third-order valence-corrected chi connectivity index (χ3v) is 6.85. The van der Waals surface area contributed by atoms with Crippen LogP contribution in [0.2, 0.25) is 0 Å². The molecule has 0 spiro atoms. The molecule has 0 saturated carbocycles.